The van der Waals surface area contributed by atoms with Crippen LogP contribution >= 0.6 is 11.8 Å². The molecule has 1 atom stereocenters. The first-order chi connectivity index (χ1) is 9.64. The molecule has 120 valence electrons. The maximum absolute atomic E-state index is 12.3. The van der Waals surface area contributed by atoms with E-state index in [9.17, 15) is 14.4 Å². The maximum Gasteiger partial charge on any atom is 0.243 e. The molecule has 0 spiro atoms. The van der Waals surface area contributed by atoms with Gasteiger partial charge in [0.2, 0.25) is 17.7 Å². The van der Waals surface area contributed by atoms with Crippen LogP contribution in [0.4, 0.5) is 0 Å². The molecule has 1 saturated heterocycles. The van der Waals surface area contributed by atoms with Gasteiger partial charge in [0.25, 0.3) is 0 Å². The molecule has 0 aromatic heterocycles. The fraction of sp³-hybridized carbons (Fsp3) is 0.786. The van der Waals surface area contributed by atoms with Crippen LogP contribution in [0.3, 0.4) is 0 Å². The van der Waals surface area contributed by atoms with Gasteiger partial charge in [0.1, 0.15) is 6.04 Å². The highest BCUT2D eigenvalue weighted by Crippen LogP contribution is 2.27. The number of carbonyl (C=O) groups excluding carboxylic acids is 3. The van der Waals surface area contributed by atoms with Gasteiger partial charge >= 0.3 is 0 Å². The molecule has 0 unspecified atom stereocenters. The lowest BCUT2D eigenvalue weighted by Crippen LogP contribution is -2.50. The largest absolute Gasteiger partial charge is 0.354 e. The predicted octanol–water partition coefficient (Wildman–Crippen LogP) is 0.529. The Bertz CT molecular complexity index is 418. The van der Waals surface area contributed by atoms with Crippen molar-refractivity contribution in [3.63, 3.8) is 0 Å². The van der Waals surface area contributed by atoms with E-state index in [0.717, 1.165) is 0 Å². The second-order valence-electron chi connectivity index (χ2n) is 6.37. The number of rotatable bonds is 4. The second-order valence-corrected chi connectivity index (χ2v) is 7.37. The van der Waals surface area contributed by atoms with Gasteiger partial charge in [0.15, 0.2) is 0 Å². The zero-order chi connectivity index (χ0) is 16.2. The fourth-order valence-corrected chi connectivity index (χ4v) is 3.08. The molecule has 21 heavy (non-hydrogen) atoms. The van der Waals surface area contributed by atoms with Crippen molar-refractivity contribution in [2.75, 3.05) is 32.3 Å². The minimum Gasteiger partial charge on any atom is -0.354 e. The zero-order valence-corrected chi connectivity index (χ0v) is 14.2. The van der Waals surface area contributed by atoms with Gasteiger partial charge < -0.3 is 15.1 Å². The van der Waals surface area contributed by atoms with Crippen LogP contribution in [-0.4, -0.2) is 65.8 Å². The van der Waals surface area contributed by atoms with E-state index in [2.05, 4.69) is 5.32 Å². The van der Waals surface area contributed by atoms with Gasteiger partial charge in [-0.1, -0.05) is 20.8 Å². The van der Waals surface area contributed by atoms with Gasteiger partial charge in [-0.3, -0.25) is 14.4 Å². The topological polar surface area (TPSA) is 69.7 Å². The number of carbonyl (C=O) groups is 3. The van der Waals surface area contributed by atoms with E-state index in [0.29, 0.717) is 18.2 Å². The number of nitrogens with one attached hydrogen (secondary N) is 1. The molecule has 1 N–H and O–H groups in total. The van der Waals surface area contributed by atoms with Crippen molar-refractivity contribution < 1.29 is 14.4 Å². The summed E-state index contributed by atoms with van der Waals surface area (Å²) in [7, 11) is 3.36. The highest BCUT2D eigenvalue weighted by Gasteiger charge is 2.38. The Morgan fingerprint density at radius 3 is 2.43 bits per heavy atom. The van der Waals surface area contributed by atoms with E-state index < -0.39 is 11.5 Å². The molecule has 1 heterocycles. The van der Waals surface area contributed by atoms with Crippen LogP contribution in [0.15, 0.2) is 0 Å². The lowest BCUT2D eigenvalue weighted by Gasteiger charge is -2.29. The van der Waals surface area contributed by atoms with Gasteiger partial charge in [-0.05, 0) is 0 Å². The molecule has 1 rings (SSSR count). The maximum atomic E-state index is 12.3. The molecule has 7 heteroatoms. The monoisotopic (exact) mass is 315 g/mol. The van der Waals surface area contributed by atoms with Crippen LogP contribution < -0.4 is 5.32 Å². The summed E-state index contributed by atoms with van der Waals surface area (Å²) in [5, 5.41) is 2.75. The average Bonchev–Trinajstić information content (AvgIpc) is 2.85. The van der Waals surface area contributed by atoms with Crippen LogP contribution in [0.2, 0.25) is 0 Å². The van der Waals surface area contributed by atoms with Gasteiger partial charge in [0, 0.05) is 38.2 Å². The molecule has 3 amide bonds. The smallest absolute Gasteiger partial charge is 0.243 e. The predicted molar refractivity (Wildman–Crippen MR) is 83.7 cm³/mol. The Hall–Kier alpha value is -1.24. The summed E-state index contributed by atoms with van der Waals surface area (Å²) in [6.45, 7) is 5.85. The van der Waals surface area contributed by atoms with E-state index >= 15 is 0 Å². The highest BCUT2D eigenvalue weighted by atomic mass is 32.2. The molecule has 1 aliphatic rings. The number of hydrogen-bond donors (Lipinski definition) is 1. The first-order valence-electron chi connectivity index (χ1n) is 7.01. The van der Waals surface area contributed by atoms with Gasteiger partial charge in [0.05, 0.1) is 5.88 Å². The van der Waals surface area contributed by atoms with E-state index in [4.69, 9.17) is 0 Å². The molecule has 1 aliphatic heterocycles. The minimum absolute atomic E-state index is 0.0167. The quantitative estimate of drug-likeness (QED) is 0.821. The SMILES string of the molecule is CN(C)C(=O)CCNC(=O)[C@@H]1CSCN1C(=O)C(C)(C)C. The van der Waals surface area contributed by atoms with Crippen molar-refractivity contribution in [1.29, 1.82) is 0 Å². The van der Waals surface area contributed by atoms with E-state index in [1.165, 1.54) is 4.90 Å². The summed E-state index contributed by atoms with van der Waals surface area (Å²) >= 11 is 1.58. The first-order valence-corrected chi connectivity index (χ1v) is 8.16. The third kappa shape index (κ3) is 4.91. The Labute approximate surface area is 130 Å². The lowest BCUT2D eigenvalue weighted by molar-refractivity contribution is -0.144. The van der Waals surface area contributed by atoms with Crippen LogP contribution in [0.5, 0.6) is 0 Å². The van der Waals surface area contributed by atoms with Gasteiger partial charge in [-0.15, -0.1) is 11.8 Å². The van der Waals surface area contributed by atoms with Crippen molar-refractivity contribution >= 4 is 29.5 Å². The van der Waals surface area contributed by atoms with Crippen molar-refractivity contribution in [3.8, 4) is 0 Å². The Balaban J connectivity index is 2.53. The van der Waals surface area contributed by atoms with Crippen LogP contribution in [0.1, 0.15) is 27.2 Å². The molecule has 6 nitrogen and oxygen atoms in total. The number of hydrogen-bond acceptors (Lipinski definition) is 4. The molecular weight excluding hydrogens is 290 g/mol. The standard InChI is InChI=1S/C14H25N3O3S/c1-14(2,3)13(20)17-9-21-8-10(17)12(19)15-7-6-11(18)16(4)5/h10H,6-9H2,1-5H3,(H,15,19)/t10-/m0/s1. The molecule has 0 radical (unpaired) electrons. The van der Waals surface area contributed by atoms with Crippen molar-refractivity contribution in [3.05, 3.63) is 0 Å². The molecule has 0 saturated carbocycles. The van der Waals surface area contributed by atoms with E-state index in [1.54, 1.807) is 30.8 Å². The highest BCUT2D eigenvalue weighted by molar-refractivity contribution is 7.99. The second kappa shape index (κ2) is 7.15. The van der Waals surface area contributed by atoms with Crippen molar-refractivity contribution in [2.24, 2.45) is 5.41 Å². The molecule has 0 aromatic rings. The average molecular weight is 315 g/mol. The molecule has 0 aliphatic carbocycles. The zero-order valence-electron chi connectivity index (χ0n) is 13.4. The molecule has 0 bridgehead atoms. The Morgan fingerprint density at radius 2 is 1.90 bits per heavy atom. The van der Waals surface area contributed by atoms with E-state index in [1.807, 2.05) is 20.8 Å². The minimum atomic E-state index is -0.496. The lowest BCUT2D eigenvalue weighted by atomic mass is 9.94. The summed E-state index contributed by atoms with van der Waals surface area (Å²) in [4.78, 5) is 39.1. The fourth-order valence-electron chi connectivity index (χ4n) is 1.92. The van der Waals surface area contributed by atoms with Crippen molar-refractivity contribution in [1.82, 2.24) is 15.1 Å². The van der Waals surface area contributed by atoms with Crippen LogP contribution in [-0.2, 0) is 14.4 Å². The third-order valence-corrected chi connectivity index (χ3v) is 4.24. The summed E-state index contributed by atoms with van der Waals surface area (Å²) in [6.07, 6.45) is 0.270. The van der Waals surface area contributed by atoms with Gasteiger partial charge in [-0.2, -0.15) is 0 Å². The normalized spacial score (nSPS) is 18.5. The first kappa shape index (κ1) is 17.8. The number of nitrogens with zero attached hydrogens (tertiary/aromatic N) is 2. The van der Waals surface area contributed by atoms with Gasteiger partial charge in [-0.25, -0.2) is 0 Å². The Morgan fingerprint density at radius 1 is 1.29 bits per heavy atom. The number of amides is 3. The third-order valence-electron chi connectivity index (χ3n) is 3.22. The summed E-state index contributed by atoms with van der Waals surface area (Å²) in [5.41, 5.74) is -0.496. The van der Waals surface area contributed by atoms with E-state index in [-0.39, 0.29) is 24.1 Å². The summed E-state index contributed by atoms with van der Waals surface area (Å²) in [6, 6.07) is -0.434. The summed E-state index contributed by atoms with van der Waals surface area (Å²) < 4.78 is 0. The molecule has 0 aromatic carbocycles. The molecular formula is C14H25N3O3S. The van der Waals surface area contributed by atoms with Crippen LogP contribution in [0, 0.1) is 5.41 Å². The number of thioether (sulfide) groups is 1. The van der Waals surface area contributed by atoms with Crippen molar-refractivity contribution in [2.45, 2.75) is 33.2 Å². The van der Waals surface area contributed by atoms with Crippen LogP contribution in [0.25, 0.3) is 0 Å². The molecule has 1 fully saturated rings. The summed E-state index contributed by atoms with van der Waals surface area (Å²) in [5.74, 6) is 0.931. The Kier molecular flexibility index (Phi) is 6.07.